The van der Waals surface area contributed by atoms with Gasteiger partial charge in [-0.25, -0.2) is 4.39 Å². The normalized spacial score (nSPS) is 17.9. The highest BCUT2D eigenvalue weighted by Crippen LogP contribution is 2.22. The fourth-order valence-corrected chi connectivity index (χ4v) is 3.72. The van der Waals surface area contributed by atoms with Crippen LogP contribution in [0.1, 0.15) is 52.1 Å². The number of halogens is 1. The molecule has 1 aromatic carbocycles. The number of carbonyl (C=O) groups excluding carboxylic acids is 1. The van der Waals surface area contributed by atoms with Crippen LogP contribution >= 0.6 is 0 Å². The van der Waals surface area contributed by atoms with Gasteiger partial charge in [-0.2, -0.15) is 0 Å². The molecule has 1 unspecified atom stereocenters. The maximum absolute atomic E-state index is 13.2. The van der Waals surface area contributed by atoms with E-state index in [9.17, 15) is 9.18 Å². The van der Waals surface area contributed by atoms with Crippen LogP contribution in [0.5, 0.6) is 0 Å². The van der Waals surface area contributed by atoms with E-state index in [1.165, 1.54) is 12.1 Å². The molecule has 0 saturated carbocycles. The number of likely N-dealkylation sites (tertiary alicyclic amines) is 1. The molecule has 0 spiro atoms. The maximum Gasteiger partial charge on any atom is 0.234 e. The first-order valence-electron chi connectivity index (χ1n) is 9.77. The van der Waals surface area contributed by atoms with Crippen LogP contribution in [0.3, 0.4) is 0 Å². The van der Waals surface area contributed by atoms with Gasteiger partial charge >= 0.3 is 0 Å². The second-order valence-corrected chi connectivity index (χ2v) is 8.12. The van der Waals surface area contributed by atoms with E-state index in [4.69, 9.17) is 0 Å². The van der Waals surface area contributed by atoms with Crippen LogP contribution in [0.4, 0.5) is 4.39 Å². The van der Waals surface area contributed by atoms with E-state index in [0.29, 0.717) is 18.6 Å². The second kappa shape index (κ2) is 9.47. The van der Waals surface area contributed by atoms with Crippen molar-refractivity contribution in [2.75, 3.05) is 26.7 Å². The van der Waals surface area contributed by atoms with Crippen molar-refractivity contribution < 1.29 is 9.18 Å². The minimum Gasteiger partial charge on any atom is -0.348 e. The predicted molar refractivity (Wildman–Crippen MR) is 104 cm³/mol. The number of carbonyl (C=O) groups is 1. The fraction of sp³-hybridized carbons (Fsp3) is 0.667. The van der Waals surface area contributed by atoms with E-state index < -0.39 is 0 Å². The van der Waals surface area contributed by atoms with Crippen molar-refractivity contribution >= 4 is 5.91 Å². The van der Waals surface area contributed by atoms with E-state index >= 15 is 0 Å². The molecule has 5 heteroatoms. The average Bonchev–Trinajstić information content (AvgIpc) is 2.60. The van der Waals surface area contributed by atoms with Crippen LogP contribution in [0.2, 0.25) is 0 Å². The zero-order valence-electron chi connectivity index (χ0n) is 16.8. The van der Waals surface area contributed by atoms with Gasteiger partial charge in [0.1, 0.15) is 5.82 Å². The molecule has 1 heterocycles. The summed E-state index contributed by atoms with van der Waals surface area (Å²) in [5.41, 5.74) is 0.947. The Bertz CT molecular complexity index is 565. The Balaban J connectivity index is 1.88. The molecule has 1 N–H and O–H groups in total. The maximum atomic E-state index is 13.2. The molecule has 0 aliphatic carbocycles. The summed E-state index contributed by atoms with van der Waals surface area (Å²) in [4.78, 5) is 17.3. The van der Waals surface area contributed by atoms with E-state index in [1.807, 2.05) is 7.05 Å². The van der Waals surface area contributed by atoms with Gasteiger partial charge in [-0.3, -0.25) is 9.69 Å². The van der Waals surface area contributed by atoms with Crippen molar-refractivity contribution in [3.8, 4) is 0 Å². The minimum atomic E-state index is -0.255. The molecule has 146 valence electrons. The van der Waals surface area contributed by atoms with E-state index in [0.717, 1.165) is 31.5 Å². The lowest BCUT2D eigenvalue weighted by molar-refractivity contribution is -0.123. The Hall–Kier alpha value is -1.46. The van der Waals surface area contributed by atoms with Crippen LogP contribution in [-0.2, 0) is 4.79 Å². The summed E-state index contributed by atoms with van der Waals surface area (Å²) >= 11 is 0. The van der Waals surface area contributed by atoms with Crippen molar-refractivity contribution in [2.45, 2.75) is 58.7 Å². The first-order valence-corrected chi connectivity index (χ1v) is 9.77. The van der Waals surface area contributed by atoms with Crippen molar-refractivity contribution in [2.24, 2.45) is 5.92 Å². The minimum absolute atomic E-state index is 0.0295. The molecule has 1 fully saturated rings. The molecule has 1 aliphatic heterocycles. The summed E-state index contributed by atoms with van der Waals surface area (Å²) in [6.07, 6.45) is 2.21. The van der Waals surface area contributed by atoms with Crippen molar-refractivity contribution in [3.63, 3.8) is 0 Å². The van der Waals surface area contributed by atoms with Crippen LogP contribution in [0.15, 0.2) is 24.3 Å². The fourth-order valence-electron chi connectivity index (χ4n) is 3.72. The third-order valence-corrected chi connectivity index (χ3v) is 5.46. The zero-order valence-corrected chi connectivity index (χ0v) is 16.8. The molecule has 1 aromatic rings. The van der Waals surface area contributed by atoms with Gasteiger partial charge in [-0.05, 0) is 70.4 Å². The lowest BCUT2D eigenvalue weighted by Gasteiger charge is -2.38. The summed E-state index contributed by atoms with van der Waals surface area (Å²) in [7, 11) is 2.04. The number of hydrogen-bond acceptors (Lipinski definition) is 3. The van der Waals surface area contributed by atoms with Gasteiger partial charge in [0.05, 0.1) is 12.6 Å². The summed E-state index contributed by atoms with van der Waals surface area (Å²) in [5.74, 6) is 0.0147. The summed E-state index contributed by atoms with van der Waals surface area (Å²) in [6, 6.07) is 7.36. The Labute approximate surface area is 157 Å². The van der Waals surface area contributed by atoms with Gasteiger partial charge < -0.3 is 10.2 Å². The van der Waals surface area contributed by atoms with Crippen molar-refractivity contribution in [3.05, 3.63) is 35.6 Å². The van der Waals surface area contributed by atoms with Crippen molar-refractivity contribution in [1.29, 1.82) is 0 Å². The van der Waals surface area contributed by atoms with E-state index in [-0.39, 0.29) is 23.7 Å². The molecular weight excluding hydrogens is 329 g/mol. The molecule has 0 radical (unpaired) electrons. The number of amides is 1. The molecule has 1 saturated heterocycles. The SMILES string of the molecule is CC(C)C(NC(=O)CN(C)C1CCN(C(C)C)CC1)c1ccc(F)cc1. The molecule has 2 rings (SSSR count). The number of nitrogens with zero attached hydrogens (tertiary/aromatic N) is 2. The molecular formula is C21H34FN3O. The van der Waals surface area contributed by atoms with Gasteiger partial charge in [0.2, 0.25) is 5.91 Å². The molecule has 1 amide bonds. The Morgan fingerprint density at radius 1 is 1.19 bits per heavy atom. The monoisotopic (exact) mass is 363 g/mol. The van der Waals surface area contributed by atoms with Gasteiger partial charge in [-0.15, -0.1) is 0 Å². The van der Waals surface area contributed by atoms with E-state index in [1.54, 1.807) is 12.1 Å². The van der Waals surface area contributed by atoms with Gasteiger partial charge in [0.15, 0.2) is 0 Å². The topological polar surface area (TPSA) is 35.6 Å². The zero-order chi connectivity index (χ0) is 19.3. The van der Waals surface area contributed by atoms with Crippen LogP contribution in [0.25, 0.3) is 0 Å². The molecule has 1 aliphatic rings. The number of rotatable bonds is 7. The lowest BCUT2D eigenvalue weighted by Crippen LogP contribution is -2.48. The lowest BCUT2D eigenvalue weighted by atomic mass is 9.96. The van der Waals surface area contributed by atoms with E-state index in [2.05, 4.69) is 42.8 Å². The first kappa shape index (κ1) is 20.8. The van der Waals surface area contributed by atoms with Crippen LogP contribution in [0, 0.1) is 11.7 Å². The van der Waals surface area contributed by atoms with Crippen LogP contribution < -0.4 is 5.32 Å². The molecule has 0 aromatic heterocycles. The standard InChI is InChI=1S/C21H34FN3O/c1-15(2)21(17-6-8-18(22)9-7-17)23-20(26)14-24(5)19-10-12-25(13-11-19)16(3)4/h6-9,15-16,19,21H,10-14H2,1-5H3,(H,23,26). The quantitative estimate of drug-likeness (QED) is 0.806. The number of piperidine rings is 1. The largest absolute Gasteiger partial charge is 0.348 e. The Morgan fingerprint density at radius 2 is 1.77 bits per heavy atom. The second-order valence-electron chi connectivity index (χ2n) is 8.12. The highest BCUT2D eigenvalue weighted by Gasteiger charge is 2.26. The highest BCUT2D eigenvalue weighted by molar-refractivity contribution is 5.78. The third-order valence-electron chi connectivity index (χ3n) is 5.46. The Morgan fingerprint density at radius 3 is 2.27 bits per heavy atom. The summed E-state index contributed by atoms with van der Waals surface area (Å²) in [6.45, 7) is 11.2. The third kappa shape index (κ3) is 5.78. The van der Waals surface area contributed by atoms with Gasteiger partial charge in [0, 0.05) is 12.1 Å². The highest BCUT2D eigenvalue weighted by atomic mass is 19.1. The van der Waals surface area contributed by atoms with Crippen LogP contribution in [-0.4, -0.2) is 54.5 Å². The summed E-state index contributed by atoms with van der Waals surface area (Å²) < 4.78 is 13.2. The first-order chi connectivity index (χ1) is 12.3. The molecule has 26 heavy (non-hydrogen) atoms. The number of likely N-dealkylation sites (N-methyl/N-ethyl adjacent to an activating group) is 1. The summed E-state index contributed by atoms with van der Waals surface area (Å²) in [5, 5.41) is 3.14. The van der Waals surface area contributed by atoms with Crippen molar-refractivity contribution in [1.82, 2.24) is 15.1 Å². The van der Waals surface area contributed by atoms with Gasteiger partial charge in [-0.1, -0.05) is 26.0 Å². The molecule has 1 atom stereocenters. The van der Waals surface area contributed by atoms with Gasteiger partial charge in [0.25, 0.3) is 0 Å². The smallest absolute Gasteiger partial charge is 0.234 e. The molecule has 4 nitrogen and oxygen atoms in total. The number of hydrogen-bond donors (Lipinski definition) is 1. The number of nitrogens with one attached hydrogen (secondary N) is 1. The molecule has 0 bridgehead atoms. The predicted octanol–water partition coefficient (Wildman–Crippen LogP) is 3.44. The average molecular weight is 364 g/mol. The number of benzene rings is 1. The Kier molecular flexibility index (Phi) is 7.59.